The molecule has 3 atom stereocenters. The van der Waals surface area contributed by atoms with Crippen molar-refractivity contribution in [3.63, 3.8) is 0 Å². The lowest BCUT2D eigenvalue weighted by molar-refractivity contribution is -0.143. The van der Waals surface area contributed by atoms with Gasteiger partial charge in [-0.15, -0.1) is 0 Å². The summed E-state index contributed by atoms with van der Waals surface area (Å²) in [5, 5.41) is 9.21. The Morgan fingerprint density at radius 2 is 2.00 bits per heavy atom. The van der Waals surface area contributed by atoms with Crippen molar-refractivity contribution in [2.75, 3.05) is 13.2 Å². The van der Waals surface area contributed by atoms with E-state index in [4.69, 9.17) is 10.5 Å². The fourth-order valence-corrected chi connectivity index (χ4v) is 3.93. The van der Waals surface area contributed by atoms with Gasteiger partial charge in [0.25, 0.3) is 5.91 Å². The maximum atomic E-state index is 13.4. The standard InChI is InChI=1S/C21H20FN3O2/c22-16-7-5-15(6-8-16)19-17-4-2-1-3-14(17)9-10-25(19)20(26)18-11-21(24,12-23)13-27-18/h1-8,18-19H,9-11,13,24H2/t18?,19-,21+/m0/s1. The van der Waals surface area contributed by atoms with Gasteiger partial charge in [0.05, 0.1) is 18.7 Å². The van der Waals surface area contributed by atoms with E-state index in [0.29, 0.717) is 6.54 Å². The first kappa shape index (κ1) is 17.7. The molecule has 2 aliphatic heterocycles. The summed E-state index contributed by atoms with van der Waals surface area (Å²) in [6.07, 6.45) is 0.178. The fraction of sp³-hybridized carbons (Fsp3) is 0.333. The Kier molecular flexibility index (Phi) is 4.42. The lowest BCUT2D eigenvalue weighted by Gasteiger charge is -2.39. The quantitative estimate of drug-likeness (QED) is 0.886. The molecule has 1 unspecified atom stereocenters. The van der Waals surface area contributed by atoms with Crippen LogP contribution in [0, 0.1) is 17.1 Å². The van der Waals surface area contributed by atoms with Crippen LogP contribution in [0.2, 0.25) is 0 Å². The SMILES string of the molecule is N#C[C@@]1(N)COC(C(=O)N2CCc3ccccc3[C@@H]2c2ccc(F)cc2)C1. The molecule has 1 fully saturated rings. The molecule has 2 aromatic carbocycles. The molecule has 0 aliphatic carbocycles. The molecule has 27 heavy (non-hydrogen) atoms. The van der Waals surface area contributed by atoms with E-state index in [2.05, 4.69) is 6.07 Å². The van der Waals surface area contributed by atoms with Crippen molar-refractivity contribution in [1.82, 2.24) is 4.90 Å². The number of ether oxygens (including phenoxy) is 1. The smallest absolute Gasteiger partial charge is 0.252 e. The maximum absolute atomic E-state index is 13.4. The van der Waals surface area contributed by atoms with E-state index in [-0.39, 0.29) is 30.8 Å². The van der Waals surface area contributed by atoms with Gasteiger partial charge < -0.3 is 15.4 Å². The highest BCUT2D eigenvalue weighted by atomic mass is 19.1. The van der Waals surface area contributed by atoms with Crippen LogP contribution in [0.25, 0.3) is 0 Å². The number of carbonyl (C=O) groups excluding carboxylic acids is 1. The predicted octanol–water partition coefficient (Wildman–Crippen LogP) is 2.31. The minimum atomic E-state index is -1.13. The first-order valence-corrected chi connectivity index (χ1v) is 8.96. The normalized spacial score (nSPS) is 27.1. The Morgan fingerprint density at radius 3 is 2.70 bits per heavy atom. The van der Waals surface area contributed by atoms with Crippen LogP contribution in [0.3, 0.4) is 0 Å². The molecule has 1 saturated heterocycles. The number of hydrogen-bond donors (Lipinski definition) is 1. The third kappa shape index (κ3) is 3.20. The summed E-state index contributed by atoms with van der Waals surface area (Å²) in [5.41, 5.74) is 7.88. The van der Waals surface area contributed by atoms with Crippen LogP contribution in [0.1, 0.15) is 29.2 Å². The van der Waals surface area contributed by atoms with Crippen molar-refractivity contribution in [3.05, 3.63) is 71.0 Å². The molecule has 2 aliphatic rings. The lowest BCUT2D eigenvalue weighted by Crippen LogP contribution is -2.46. The molecule has 0 bridgehead atoms. The highest BCUT2D eigenvalue weighted by Gasteiger charge is 2.44. The molecule has 4 rings (SSSR count). The van der Waals surface area contributed by atoms with Gasteiger partial charge in [-0.25, -0.2) is 4.39 Å². The zero-order valence-electron chi connectivity index (χ0n) is 14.8. The van der Waals surface area contributed by atoms with E-state index < -0.39 is 11.6 Å². The Morgan fingerprint density at radius 1 is 1.26 bits per heavy atom. The second-order valence-electron chi connectivity index (χ2n) is 7.21. The van der Waals surface area contributed by atoms with Gasteiger partial charge in [0.2, 0.25) is 0 Å². The van der Waals surface area contributed by atoms with Gasteiger partial charge in [-0.1, -0.05) is 36.4 Å². The molecule has 0 spiro atoms. The van der Waals surface area contributed by atoms with Crippen molar-refractivity contribution in [2.24, 2.45) is 5.73 Å². The summed E-state index contributed by atoms with van der Waals surface area (Å²) >= 11 is 0. The largest absolute Gasteiger partial charge is 0.365 e. The van der Waals surface area contributed by atoms with E-state index in [1.807, 2.05) is 24.3 Å². The van der Waals surface area contributed by atoms with Crippen LogP contribution in [-0.2, 0) is 16.0 Å². The summed E-state index contributed by atoms with van der Waals surface area (Å²) in [5.74, 6) is -0.497. The first-order chi connectivity index (χ1) is 13.0. The molecule has 0 aromatic heterocycles. The van der Waals surface area contributed by atoms with Crippen molar-refractivity contribution in [3.8, 4) is 6.07 Å². The van der Waals surface area contributed by atoms with Crippen molar-refractivity contribution in [1.29, 1.82) is 5.26 Å². The molecule has 1 amide bonds. The maximum Gasteiger partial charge on any atom is 0.252 e. The second kappa shape index (κ2) is 6.76. The van der Waals surface area contributed by atoms with Crippen molar-refractivity contribution >= 4 is 5.91 Å². The van der Waals surface area contributed by atoms with Crippen LogP contribution < -0.4 is 5.73 Å². The minimum Gasteiger partial charge on any atom is -0.365 e. The third-order valence-electron chi connectivity index (χ3n) is 5.34. The highest BCUT2D eigenvalue weighted by Crippen LogP contribution is 2.37. The molecule has 0 saturated carbocycles. The number of nitriles is 1. The zero-order valence-corrected chi connectivity index (χ0v) is 14.8. The summed E-state index contributed by atoms with van der Waals surface area (Å²) in [7, 11) is 0. The zero-order chi connectivity index (χ0) is 19.0. The van der Waals surface area contributed by atoms with Crippen LogP contribution in [0.4, 0.5) is 4.39 Å². The van der Waals surface area contributed by atoms with Gasteiger partial charge in [0.1, 0.15) is 17.5 Å². The van der Waals surface area contributed by atoms with E-state index >= 15 is 0 Å². The van der Waals surface area contributed by atoms with E-state index in [1.54, 1.807) is 17.0 Å². The molecular weight excluding hydrogens is 345 g/mol. The molecule has 2 aromatic rings. The van der Waals surface area contributed by atoms with Crippen LogP contribution >= 0.6 is 0 Å². The van der Waals surface area contributed by atoms with Crippen LogP contribution in [-0.4, -0.2) is 35.6 Å². The Hall–Kier alpha value is -2.75. The summed E-state index contributed by atoms with van der Waals surface area (Å²) in [6, 6.07) is 15.9. The average molecular weight is 365 g/mol. The van der Waals surface area contributed by atoms with E-state index in [9.17, 15) is 14.4 Å². The molecular formula is C21H20FN3O2. The molecule has 5 nitrogen and oxygen atoms in total. The third-order valence-corrected chi connectivity index (χ3v) is 5.34. The van der Waals surface area contributed by atoms with Crippen molar-refractivity contribution < 1.29 is 13.9 Å². The predicted molar refractivity (Wildman–Crippen MR) is 97.0 cm³/mol. The van der Waals surface area contributed by atoms with Crippen molar-refractivity contribution in [2.45, 2.75) is 30.5 Å². The van der Waals surface area contributed by atoms with Gasteiger partial charge in [-0.05, 0) is 35.2 Å². The number of nitrogens with two attached hydrogens (primary N) is 1. The number of benzene rings is 2. The average Bonchev–Trinajstić information content (AvgIpc) is 3.10. The molecule has 6 heteroatoms. The second-order valence-corrected chi connectivity index (χ2v) is 7.21. The molecule has 2 heterocycles. The Bertz CT molecular complexity index is 908. The van der Waals surface area contributed by atoms with Crippen LogP contribution in [0.15, 0.2) is 48.5 Å². The highest BCUT2D eigenvalue weighted by molar-refractivity contribution is 5.83. The summed E-state index contributed by atoms with van der Waals surface area (Å²) in [4.78, 5) is 15.0. The number of carbonyl (C=O) groups is 1. The number of amides is 1. The summed E-state index contributed by atoms with van der Waals surface area (Å²) < 4.78 is 19.0. The topological polar surface area (TPSA) is 79.4 Å². The minimum absolute atomic E-state index is 0.0472. The van der Waals surface area contributed by atoms with Crippen LogP contribution in [0.5, 0.6) is 0 Å². The van der Waals surface area contributed by atoms with E-state index in [1.165, 1.54) is 17.7 Å². The fourth-order valence-electron chi connectivity index (χ4n) is 3.93. The van der Waals surface area contributed by atoms with Gasteiger partial charge in [0, 0.05) is 13.0 Å². The number of nitrogens with zero attached hydrogens (tertiary/aromatic N) is 2. The first-order valence-electron chi connectivity index (χ1n) is 8.96. The number of hydrogen-bond acceptors (Lipinski definition) is 4. The van der Waals surface area contributed by atoms with Gasteiger partial charge >= 0.3 is 0 Å². The monoisotopic (exact) mass is 365 g/mol. The Balaban J connectivity index is 1.70. The number of rotatable bonds is 2. The van der Waals surface area contributed by atoms with Gasteiger partial charge in [-0.3, -0.25) is 4.79 Å². The van der Waals surface area contributed by atoms with E-state index in [0.717, 1.165) is 17.5 Å². The van der Waals surface area contributed by atoms with Gasteiger partial charge in [0.15, 0.2) is 0 Å². The number of fused-ring (bicyclic) bond motifs is 1. The number of halogens is 1. The molecule has 138 valence electrons. The molecule has 2 N–H and O–H groups in total. The molecule has 0 radical (unpaired) electrons. The summed E-state index contributed by atoms with van der Waals surface area (Å²) in [6.45, 7) is 0.577. The van der Waals surface area contributed by atoms with Gasteiger partial charge in [-0.2, -0.15) is 5.26 Å². The Labute approximate surface area is 157 Å². The lowest BCUT2D eigenvalue weighted by atomic mass is 9.87.